The van der Waals surface area contributed by atoms with Gasteiger partial charge < -0.3 is 0 Å². The average molecular weight is 276 g/mol. The van der Waals surface area contributed by atoms with Crippen LogP contribution < -0.4 is 0 Å². The number of aryl methyl sites for hydroxylation is 1. The zero-order valence-electron chi connectivity index (χ0n) is 9.68. The second-order valence-electron chi connectivity index (χ2n) is 3.86. The molecule has 1 aromatic carbocycles. The van der Waals surface area contributed by atoms with Crippen LogP contribution in [0.1, 0.15) is 26.0 Å². The summed E-state index contributed by atoms with van der Waals surface area (Å²) in [5.41, 5.74) is 0.567. The highest BCUT2D eigenvalue weighted by atomic mass is 35.5. The van der Waals surface area contributed by atoms with Gasteiger partial charge in [-0.25, -0.2) is 0 Å². The van der Waals surface area contributed by atoms with Gasteiger partial charge in [0.1, 0.15) is 5.92 Å². The second kappa shape index (κ2) is 5.34. The van der Waals surface area contributed by atoms with Gasteiger partial charge in [-0.2, -0.15) is 5.26 Å². The Kier molecular flexibility index (Phi) is 3.81. The molecule has 2 nitrogen and oxygen atoms in total. The molecule has 1 heterocycles. The number of hydrogen-bond acceptors (Lipinski definition) is 3. The Bertz CT molecular complexity index is 627. The van der Waals surface area contributed by atoms with E-state index in [1.165, 1.54) is 11.3 Å². The van der Waals surface area contributed by atoms with Crippen LogP contribution in [0, 0.1) is 18.3 Å². The fraction of sp³-hybridized carbons (Fsp3) is 0.143. The van der Waals surface area contributed by atoms with Gasteiger partial charge in [-0.1, -0.05) is 29.8 Å². The molecular weight excluding hydrogens is 266 g/mol. The number of Topliss-reactive ketones (excluding diaryl/α,β-unsaturated/α-hetero) is 1. The number of hydrogen-bond donors (Lipinski definition) is 0. The fourth-order valence-electron chi connectivity index (χ4n) is 1.69. The van der Waals surface area contributed by atoms with Crippen molar-refractivity contribution in [3.63, 3.8) is 0 Å². The van der Waals surface area contributed by atoms with E-state index in [0.29, 0.717) is 15.5 Å². The Morgan fingerprint density at radius 2 is 2.06 bits per heavy atom. The largest absolute Gasteiger partial charge is 0.291 e. The van der Waals surface area contributed by atoms with E-state index in [4.69, 9.17) is 11.6 Å². The van der Waals surface area contributed by atoms with Crippen molar-refractivity contribution in [3.05, 3.63) is 56.7 Å². The highest BCUT2D eigenvalue weighted by molar-refractivity contribution is 7.14. The van der Waals surface area contributed by atoms with Crippen LogP contribution in [0.2, 0.25) is 5.02 Å². The molecule has 0 fully saturated rings. The van der Waals surface area contributed by atoms with Crippen molar-refractivity contribution >= 4 is 28.7 Å². The lowest BCUT2D eigenvalue weighted by atomic mass is 9.95. The number of thiophene rings is 1. The van der Waals surface area contributed by atoms with Gasteiger partial charge in [-0.3, -0.25) is 4.79 Å². The van der Waals surface area contributed by atoms with Gasteiger partial charge in [0, 0.05) is 9.90 Å². The Labute approximate surface area is 114 Å². The van der Waals surface area contributed by atoms with Crippen LogP contribution in [0.5, 0.6) is 0 Å². The van der Waals surface area contributed by atoms with E-state index in [-0.39, 0.29) is 5.78 Å². The Morgan fingerprint density at radius 1 is 1.33 bits per heavy atom. The summed E-state index contributed by atoms with van der Waals surface area (Å²) in [6, 6.07) is 12.6. The van der Waals surface area contributed by atoms with Gasteiger partial charge in [0.25, 0.3) is 0 Å². The number of rotatable bonds is 3. The molecule has 1 aromatic heterocycles. The van der Waals surface area contributed by atoms with E-state index in [1.54, 1.807) is 30.3 Å². The molecule has 2 rings (SSSR count). The number of ketones is 1. The monoisotopic (exact) mass is 275 g/mol. The number of carbonyl (C=O) groups excluding carboxylic acids is 1. The second-order valence-corrected chi connectivity index (χ2v) is 5.55. The lowest BCUT2D eigenvalue weighted by molar-refractivity contribution is 0.0983. The van der Waals surface area contributed by atoms with Crippen molar-refractivity contribution in [2.75, 3.05) is 0 Å². The first kappa shape index (κ1) is 12.8. The van der Waals surface area contributed by atoms with Gasteiger partial charge >= 0.3 is 0 Å². The zero-order valence-corrected chi connectivity index (χ0v) is 11.3. The van der Waals surface area contributed by atoms with Crippen molar-refractivity contribution in [2.24, 2.45) is 0 Å². The summed E-state index contributed by atoms with van der Waals surface area (Å²) >= 11 is 7.43. The third kappa shape index (κ3) is 2.45. The third-order valence-electron chi connectivity index (χ3n) is 2.59. The quantitative estimate of drug-likeness (QED) is 0.788. The standard InChI is InChI=1S/C14H10ClNOS/c1-9-6-7-13(18-9)14(17)11(8-16)10-4-2-3-5-12(10)15/h2-7,11H,1H3. The molecule has 0 radical (unpaired) electrons. The van der Waals surface area contributed by atoms with Crippen LogP contribution in [-0.4, -0.2) is 5.78 Å². The summed E-state index contributed by atoms with van der Waals surface area (Å²) in [4.78, 5) is 13.9. The summed E-state index contributed by atoms with van der Waals surface area (Å²) in [6.07, 6.45) is 0. The molecule has 1 unspecified atom stereocenters. The molecule has 0 spiro atoms. The first-order chi connectivity index (χ1) is 8.63. The summed E-state index contributed by atoms with van der Waals surface area (Å²) in [5.74, 6) is -1.03. The first-order valence-electron chi connectivity index (χ1n) is 5.38. The number of benzene rings is 1. The van der Waals surface area contributed by atoms with Gasteiger partial charge in [-0.05, 0) is 30.7 Å². The smallest absolute Gasteiger partial charge is 0.194 e. The normalized spacial score (nSPS) is 11.8. The average Bonchev–Trinajstić information content (AvgIpc) is 2.79. The maximum atomic E-state index is 12.3. The molecule has 4 heteroatoms. The van der Waals surface area contributed by atoms with Crippen molar-refractivity contribution < 1.29 is 4.79 Å². The van der Waals surface area contributed by atoms with Gasteiger partial charge in [-0.15, -0.1) is 11.3 Å². The Hall–Kier alpha value is -1.63. The minimum Gasteiger partial charge on any atom is -0.291 e. The van der Waals surface area contributed by atoms with E-state index in [0.717, 1.165) is 4.88 Å². The van der Waals surface area contributed by atoms with Gasteiger partial charge in [0.05, 0.1) is 10.9 Å². The molecule has 0 saturated carbocycles. The fourth-order valence-corrected chi connectivity index (χ4v) is 2.77. The molecule has 90 valence electrons. The van der Waals surface area contributed by atoms with E-state index in [9.17, 15) is 10.1 Å². The highest BCUT2D eigenvalue weighted by Crippen LogP contribution is 2.29. The summed E-state index contributed by atoms with van der Waals surface area (Å²) < 4.78 is 0. The van der Waals surface area contributed by atoms with Gasteiger partial charge in [0.15, 0.2) is 5.78 Å². The number of nitrogens with zero attached hydrogens (tertiary/aromatic N) is 1. The first-order valence-corrected chi connectivity index (χ1v) is 6.57. The van der Waals surface area contributed by atoms with E-state index >= 15 is 0 Å². The van der Waals surface area contributed by atoms with Crippen LogP contribution >= 0.6 is 22.9 Å². The lowest BCUT2D eigenvalue weighted by Gasteiger charge is -2.08. The van der Waals surface area contributed by atoms with Crippen molar-refractivity contribution in [1.82, 2.24) is 0 Å². The van der Waals surface area contributed by atoms with E-state index < -0.39 is 5.92 Å². The maximum Gasteiger partial charge on any atom is 0.194 e. The van der Waals surface area contributed by atoms with Crippen molar-refractivity contribution in [2.45, 2.75) is 12.8 Å². The SMILES string of the molecule is Cc1ccc(C(=O)C(C#N)c2ccccc2Cl)s1. The molecule has 0 saturated heterocycles. The maximum absolute atomic E-state index is 12.3. The van der Waals surface area contributed by atoms with Crippen LogP contribution in [0.3, 0.4) is 0 Å². The predicted molar refractivity (Wildman–Crippen MR) is 73.2 cm³/mol. The Morgan fingerprint density at radius 3 is 2.61 bits per heavy atom. The number of carbonyl (C=O) groups is 1. The third-order valence-corrected chi connectivity index (χ3v) is 3.95. The molecule has 0 aliphatic rings. The van der Waals surface area contributed by atoms with Crippen LogP contribution in [0.4, 0.5) is 0 Å². The van der Waals surface area contributed by atoms with Crippen LogP contribution in [-0.2, 0) is 0 Å². The van der Waals surface area contributed by atoms with Crippen molar-refractivity contribution in [3.8, 4) is 6.07 Å². The molecular formula is C14H10ClNOS. The molecule has 2 aromatic rings. The summed E-state index contributed by atoms with van der Waals surface area (Å²) in [5, 5.41) is 9.67. The van der Waals surface area contributed by atoms with Crippen LogP contribution in [0.15, 0.2) is 36.4 Å². The minimum atomic E-state index is -0.836. The molecule has 0 aliphatic carbocycles. The molecule has 0 aliphatic heterocycles. The van der Waals surface area contributed by atoms with Crippen LogP contribution in [0.25, 0.3) is 0 Å². The number of nitriles is 1. The topological polar surface area (TPSA) is 40.9 Å². The predicted octanol–water partition coefficient (Wildman–Crippen LogP) is 4.20. The van der Waals surface area contributed by atoms with Gasteiger partial charge in [0.2, 0.25) is 0 Å². The Balaban J connectivity index is 2.39. The number of halogens is 1. The van der Waals surface area contributed by atoms with E-state index in [1.807, 2.05) is 19.1 Å². The molecule has 18 heavy (non-hydrogen) atoms. The molecule has 0 bridgehead atoms. The molecule has 0 N–H and O–H groups in total. The lowest BCUT2D eigenvalue weighted by Crippen LogP contribution is -2.10. The minimum absolute atomic E-state index is 0.191. The summed E-state index contributed by atoms with van der Waals surface area (Å²) in [7, 11) is 0. The molecule has 0 amide bonds. The highest BCUT2D eigenvalue weighted by Gasteiger charge is 2.24. The molecule has 1 atom stereocenters. The summed E-state index contributed by atoms with van der Waals surface area (Å²) in [6.45, 7) is 1.93. The van der Waals surface area contributed by atoms with E-state index in [2.05, 4.69) is 0 Å². The van der Waals surface area contributed by atoms with Crippen molar-refractivity contribution in [1.29, 1.82) is 5.26 Å². The zero-order chi connectivity index (χ0) is 13.1.